The van der Waals surface area contributed by atoms with Gasteiger partial charge < -0.3 is 16.2 Å². The molecule has 0 saturated carbocycles. The van der Waals surface area contributed by atoms with Crippen LogP contribution in [0.25, 0.3) is 0 Å². The highest BCUT2D eigenvalue weighted by Crippen LogP contribution is 2.21. The Balaban J connectivity index is 2.16. The molecular formula is C16H18N2O2. The number of benzene rings is 2. The number of primary amides is 1. The lowest BCUT2D eigenvalue weighted by atomic mass is 10.1. The summed E-state index contributed by atoms with van der Waals surface area (Å²) in [6.45, 7) is 2.57. The largest absolute Gasteiger partial charge is 0.392 e. The molecule has 0 aliphatic carbocycles. The van der Waals surface area contributed by atoms with Gasteiger partial charge in [-0.3, -0.25) is 4.79 Å². The molecule has 4 N–H and O–H groups in total. The number of amides is 1. The van der Waals surface area contributed by atoms with Gasteiger partial charge in [-0.15, -0.1) is 0 Å². The molecule has 20 heavy (non-hydrogen) atoms. The molecule has 2 rings (SSSR count). The highest BCUT2D eigenvalue weighted by Gasteiger charge is 2.09. The molecule has 0 atom stereocenters. The van der Waals surface area contributed by atoms with Crippen LogP contribution in [-0.2, 0) is 13.2 Å². The van der Waals surface area contributed by atoms with Crippen LogP contribution < -0.4 is 11.1 Å². The van der Waals surface area contributed by atoms with Gasteiger partial charge in [-0.2, -0.15) is 0 Å². The first-order chi connectivity index (χ1) is 9.61. The minimum Gasteiger partial charge on any atom is -0.392 e. The molecule has 104 valence electrons. The predicted octanol–water partition coefficient (Wildman–Crippen LogP) is 2.20. The number of nitrogens with two attached hydrogens (primary N) is 1. The van der Waals surface area contributed by atoms with Crippen LogP contribution in [0.5, 0.6) is 0 Å². The number of aliphatic hydroxyl groups is 1. The Kier molecular flexibility index (Phi) is 4.38. The van der Waals surface area contributed by atoms with Crippen molar-refractivity contribution in [1.29, 1.82) is 0 Å². The maximum absolute atomic E-state index is 11.4. The summed E-state index contributed by atoms with van der Waals surface area (Å²) in [7, 11) is 0. The number of hydrogen-bond acceptors (Lipinski definition) is 3. The van der Waals surface area contributed by atoms with Crippen molar-refractivity contribution in [2.45, 2.75) is 20.1 Å². The predicted molar refractivity (Wildman–Crippen MR) is 79.4 cm³/mol. The van der Waals surface area contributed by atoms with Gasteiger partial charge in [0, 0.05) is 6.54 Å². The van der Waals surface area contributed by atoms with Gasteiger partial charge in [0.15, 0.2) is 0 Å². The fraction of sp³-hybridized carbons (Fsp3) is 0.188. The second-order valence-corrected chi connectivity index (χ2v) is 4.69. The molecule has 2 aromatic carbocycles. The molecular weight excluding hydrogens is 252 g/mol. The third-order valence-electron chi connectivity index (χ3n) is 3.21. The lowest BCUT2D eigenvalue weighted by Crippen LogP contribution is -2.15. The van der Waals surface area contributed by atoms with Crippen molar-refractivity contribution in [3.8, 4) is 0 Å². The first-order valence-electron chi connectivity index (χ1n) is 6.44. The quantitative estimate of drug-likeness (QED) is 0.779. The summed E-state index contributed by atoms with van der Waals surface area (Å²) in [6, 6.07) is 13.1. The number of rotatable bonds is 5. The van der Waals surface area contributed by atoms with Crippen LogP contribution >= 0.6 is 0 Å². The molecule has 0 radical (unpaired) electrons. The fourth-order valence-electron chi connectivity index (χ4n) is 2.06. The van der Waals surface area contributed by atoms with E-state index in [1.165, 1.54) is 0 Å². The minimum atomic E-state index is -0.438. The van der Waals surface area contributed by atoms with Crippen LogP contribution in [0.3, 0.4) is 0 Å². The summed E-state index contributed by atoms with van der Waals surface area (Å²) >= 11 is 0. The number of carbonyl (C=O) groups excluding carboxylic acids is 1. The van der Waals surface area contributed by atoms with Crippen molar-refractivity contribution >= 4 is 11.6 Å². The summed E-state index contributed by atoms with van der Waals surface area (Å²) in [5.74, 6) is -0.438. The Hall–Kier alpha value is -2.33. The summed E-state index contributed by atoms with van der Waals surface area (Å²) < 4.78 is 0. The third-order valence-corrected chi connectivity index (χ3v) is 3.21. The number of carbonyl (C=O) groups is 1. The first kappa shape index (κ1) is 14.1. The highest BCUT2D eigenvalue weighted by molar-refractivity contribution is 5.99. The summed E-state index contributed by atoms with van der Waals surface area (Å²) in [4.78, 5) is 11.4. The number of aryl methyl sites for hydroxylation is 1. The number of hydrogen-bond donors (Lipinski definition) is 3. The van der Waals surface area contributed by atoms with E-state index in [9.17, 15) is 4.79 Å². The monoisotopic (exact) mass is 270 g/mol. The van der Waals surface area contributed by atoms with Gasteiger partial charge in [-0.25, -0.2) is 0 Å². The van der Waals surface area contributed by atoms with E-state index in [0.717, 1.165) is 22.4 Å². The molecule has 0 heterocycles. The zero-order valence-corrected chi connectivity index (χ0v) is 11.4. The van der Waals surface area contributed by atoms with Crippen molar-refractivity contribution in [2.24, 2.45) is 5.73 Å². The first-order valence-corrected chi connectivity index (χ1v) is 6.44. The van der Waals surface area contributed by atoms with Crippen molar-refractivity contribution in [3.63, 3.8) is 0 Å². The summed E-state index contributed by atoms with van der Waals surface area (Å²) in [5, 5.41) is 12.3. The SMILES string of the molecule is Cc1cccc(C(N)=O)c1NCc1ccc(CO)cc1. The molecule has 4 nitrogen and oxygen atoms in total. The molecule has 4 heteroatoms. The van der Waals surface area contributed by atoms with Gasteiger partial charge in [-0.1, -0.05) is 36.4 Å². The molecule has 0 saturated heterocycles. The zero-order chi connectivity index (χ0) is 14.5. The zero-order valence-electron chi connectivity index (χ0n) is 11.4. The van der Waals surface area contributed by atoms with Crippen molar-refractivity contribution in [1.82, 2.24) is 0 Å². The molecule has 0 aliphatic rings. The van der Waals surface area contributed by atoms with E-state index in [0.29, 0.717) is 12.1 Å². The van der Waals surface area contributed by atoms with E-state index in [1.807, 2.05) is 43.3 Å². The maximum Gasteiger partial charge on any atom is 0.250 e. The van der Waals surface area contributed by atoms with E-state index < -0.39 is 5.91 Å². The Bertz CT molecular complexity index is 606. The molecule has 0 unspecified atom stereocenters. The van der Waals surface area contributed by atoms with Crippen LogP contribution in [0, 0.1) is 6.92 Å². The number of para-hydroxylation sites is 1. The van der Waals surface area contributed by atoms with Gasteiger partial charge in [0.05, 0.1) is 17.9 Å². The van der Waals surface area contributed by atoms with E-state index in [4.69, 9.17) is 10.8 Å². The Morgan fingerprint density at radius 3 is 2.40 bits per heavy atom. The average molecular weight is 270 g/mol. The van der Waals surface area contributed by atoms with Gasteiger partial charge in [0.2, 0.25) is 0 Å². The summed E-state index contributed by atoms with van der Waals surface area (Å²) in [5.41, 5.74) is 9.58. The second kappa shape index (κ2) is 6.21. The maximum atomic E-state index is 11.4. The van der Waals surface area contributed by atoms with E-state index in [1.54, 1.807) is 6.07 Å². The molecule has 0 aliphatic heterocycles. The van der Waals surface area contributed by atoms with Gasteiger partial charge >= 0.3 is 0 Å². The van der Waals surface area contributed by atoms with E-state index in [2.05, 4.69) is 5.32 Å². The van der Waals surface area contributed by atoms with Gasteiger partial charge in [0.1, 0.15) is 0 Å². The topological polar surface area (TPSA) is 75.4 Å². The fourth-order valence-corrected chi connectivity index (χ4v) is 2.06. The second-order valence-electron chi connectivity index (χ2n) is 4.69. The molecule has 0 fully saturated rings. The Morgan fingerprint density at radius 1 is 1.15 bits per heavy atom. The van der Waals surface area contributed by atoms with Gasteiger partial charge in [0.25, 0.3) is 5.91 Å². The van der Waals surface area contributed by atoms with Crippen molar-refractivity contribution in [3.05, 3.63) is 64.7 Å². The third kappa shape index (κ3) is 3.16. The Labute approximate surface area is 118 Å². The van der Waals surface area contributed by atoms with Crippen LogP contribution in [-0.4, -0.2) is 11.0 Å². The number of anilines is 1. The van der Waals surface area contributed by atoms with E-state index in [-0.39, 0.29) is 6.61 Å². The lowest BCUT2D eigenvalue weighted by Gasteiger charge is -2.13. The van der Waals surface area contributed by atoms with Crippen molar-refractivity contribution in [2.75, 3.05) is 5.32 Å². The number of aliphatic hydroxyl groups excluding tert-OH is 1. The van der Waals surface area contributed by atoms with E-state index >= 15 is 0 Å². The van der Waals surface area contributed by atoms with Gasteiger partial charge in [-0.05, 0) is 29.7 Å². The van der Waals surface area contributed by atoms with Crippen LogP contribution in [0.2, 0.25) is 0 Å². The molecule has 0 bridgehead atoms. The normalized spacial score (nSPS) is 10.3. The van der Waals surface area contributed by atoms with Crippen LogP contribution in [0.4, 0.5) is 5.69 Å². The lowest BCUT2D eigenvalue weighted by molar-refractivity contribution is 0.100. The standard InChI is InChI=1S/C16H18N2O2/c1-11-3-2-4-14(16(17)20)15(11)18-9-12-5-7-13(10-19)8-6-12/h2-8,18-19H,9-10H2,1H3,(H2,17,20). The summed E-state index contributed by atoms with van der Waals surface area (Å²) in [6.07, 6.45) is 0. The smallest absolute Gasteiger partial charge is 0.250 e. The van der Waals surface area contributed by atoms with Crippen LogP contribution in [0.15, 0.2) is 42.5 Å². The Morgan fingerprint density at radius 2 is 1.80 bits per heavy atom. The molecule has 2 aromatic rings. The molecule has 1 amide bonds. The average Bonchev–Trinajstić information content (AvgIpc) is 2.46. The minimum absolute atomic E-state index is 0.0390. The highest BCUT2D eigenvalue weighted by atomic mass is 16.3. The molecule has 0 aromatic heterocycles. The number of nitrogens with one attached hydrogen (secondary N) is 1. The van der Waals surface area contributed by atoms with Crippen LogP contribution in [0.1, 0.15) is 27.0 Å². The molecule has 0 spiro atoms. The van der Waals surface area contributed by atoms with Crippen molar-refractivity contribution < 1.29 is 9.90 Å².